The van der Waals surface area contributed by atoms with Crippen LogP contribution in [0.15, 0.2) is 85.1 Å². The number of rotatable bonds is 6. The van der Waals surface area contributed by atoms with Gasteiger partial charge >= 0.3 is 0 Å². The Morgan fingerprint density at radius 1 is 0.906 bits per heavy atom. The van der Waals surface area contributed by atoms with Crippen LogP contribution < -0.4 is 10.6 Å². The predicted octanol–water partition coefficient (Wildman–Crippen LogP) is 4.85. The van der Waals surface area contributed by atoms with Crippen molar-refractivity contribution in [3.63, 3.8) is 0 Å². The number of nitrogens with zero attached hydrogens (tertiary/aromatic N) is 2. The second-order valence-corrected chi connectivity index (χ2v) is 7.38. The number of aryl methyl sites for hydroxylation is 1. The van der Waals surface area contributed by atoms with Gasteiger partial charge in [-0.3, -0.25) is 9.59 Å². The second kappa shape index (κ2) is 9.31. The van der Waals surface area contributed by atoms with Gasteiger partial charge in [-0.2, -0.15) is 5.10 Å². The van der Waals surface area contributed by atoms with E-state index in [-0.39, 0.29) is 11.8 Å². The van der Waals surface area contributed by atoms with Gasteiger partial charge < -0.3 is 10.6 Å². The first-order valence-corrected chi connectivity index (χ1v) is 10.5. The number of benzene rings is 3. The maximum Gasteiger partial charge on any atom is 0.259 e. The summed E-state index contributed by atoms with van der Waals surface area (Å²) in [5.74, 6) is -0.473. The Hall–Kier alpha value is -4.19. The van der Waals surface area contributed by atoms with E-state index in [1.807, 2.05) is 68.4 Å². The normalized spacial score (nSPS) is 10.6. The first-order valence-electron chi connectivity index (χ1n) is 10.5. The molecule has 0 radical (unpaired) electrons. The summed E-state index contributed by atoms with van der Waals surface area (Å²) in [6.45, 7) is 4.39. The molecule has 0 aliphatic heterocycles. The Labute approximate surface area is 186 Å². The average Bonchev–Trinajstić information content (AvgIpc) is 3.26. The number of nitrogens with one attached hydrogen (secondary N) is 2. The summed E-state index contributed by atoms with van der Waals surface area (Å²) < 4.78 is 1.71. The van der Waals surface area contributed by atoms with Crippen LogP contribution in [0.5, 0.6) is 0 Å². The number of aromatic nitrogens is 2. The van der Waals surface area contributed by atoms with Gasteiger partial charge in [0.15, 0.2) is 0 Å². The van der Waals surface area contributed by atoms with E-state index in [0.717, 1.165) is 16.8 Å². The molecule has 4 rings (SSSR count). The monoisotopic (exact) mass is 424 g/mol. The fourth-order valence-electron chi connectivity index (χ4n) is 3.49. The van der Waals surface area contributed by atoms with E-state index in [2.05, 4.69) is 10.6 Å². The molecule has 6 heteroatoms. The van der Waals surface area contributed by atoms with Gasteiger partial charge in [-0.25, -0.2) is 4.68 Å². The van der Waals surface area contributed by atoms with Crippen LogP contribution in [0.2, 0.25) is 0 Å². The van der Waals surface area contributed by atoms with Crippen LogP contribution in [0.1, 0.15) is 33.2 Å². The Morgan fingerprint density at radius 2 is 1.66 bits per heavy atom. The summed E-state index contributed by atoms with van der Waals surface area (Å²) >= 11 is 0. The molecule has 0 bridgehead atoms. The molecule has 1 aromatic heterocycles. The Morgan fingerprint density at radius 3 is 2.41 bits per heavy atom. The minimum Gasteiger partial charge on any atom is -0.352 e. The lowest BCUT2D eigenvalue weighted by molar-refractivity contribution is 0.0954. The molecule has 0 fully saturated rings. The van der Waals surface area contributed by atoms with Gasteiger partial charge in [0.1, 0.15) is 5.69 Å². The van der Waals surface area contributed by atoms with Crippen LogP contribution in [0.3, 0.4) is 0 Å². The van der Waals surface area contributed by atoms with Crippen molar-refractivity contribution in [3.05, 3.63) is 102 Å². The zero-order valence-corrected chi connectivity index (χ0v) is 18.0. The number of carbonyl (C=O) groups excluding carboxylic acids is 2. The van der Waals surface area contributed by atoms with Crippen LogP contribution in [-0.4, -0.2) is 28.1 Å². The van der Waals surface area contributed by atoms with Gasteiger partial charge in [-0.15, -0.1) is 0 Å². The van der Waals surface area contributed by atoms with Crippen molar-refractivity contribution in [2.24, 2.45) is 0 Å². The van der Waals surface area contributed by atoms with Crippen molar-refractivity contribution < 1.29 is 9.59 Å². The van der Waals surface area contributed by atoms with Crippen molar-refractivity contribution >= 4 is 17.5 Å². The molecule has 32 heavy (non-hydrogen) atoms. The lowest BCUT2D eigenvalue weighted by Gasteiger charge is -2.08. The van der Waals surface area contributed by atoms with E-state index in [4.69, 9.17) is 5.10 Å². The maximum absolute atomic E-state index is 13.3. The molecule has 160 valence electrons. The molecular weight excluding hydrogens is 400 g/mol. The zero-order chi connectivity index (χ0) is 22.5. The molecule has 3 aromatic carbocycles. The van der Waals surface area contributed by atoms with Crippen LogP contribution in [0.25, 0.3) is 16.9 Å². The minimum atomic E-state index is -0.293. The summed E-state index contributed by atoms with van der Waals surface area (Å²) in [6.07, 6.45) is 1.74. The number of anilines is 1. The highest BCUT2D eigenvalue weighted by molar-refractivity contribution is 6.08. The summed E-state index contributed by atoms with van der Waals surface area (Å²) in [4.78, 5) is 25.5. The van der Waals surface area contributed by atoms with E-state index in [9.17, 15) is 9.59 Å². The Balaban J connectivity index is 1.72. The average molecular weight is 425 g/mol. The van der Waals surface area contributed by atoms with Crippen molar-refractivity contribution in [2.75, 3.05) is 11.9 Å². The fourth-order valence-corrected chi connectivity index (χ4v) is 3.49. The van der Waals surface area contributed by atoms with Gasteiger partial charge in [-0.1, -0.05) is 48.5 Å². The van der Waals surface area contributed by atoms with Gasteiger partial charge in [0.2, 0.25) is 0 Å². The Kier molecular flexibility index (Phi) is 6.12. The van der Waals surface area contributed by atoms with Gasteiger partial charge in [0.25, 0.3) is 11.8 Å². The van der Waals surface area contributed by atoms with Crippen LogP contribution in [0.4, 0.5) is 5.69 Å². The molecule has 1 heterocycles. The molecule has 0 spiro atoms. The highest BCUT2D eigenvalue weighted by Crippen LogP contribution is 2.27. The van der Waals surface area contributed by atoms with Crippen LogP contribution in [-0.2, 0) is 0 Å². The van der Waals surface area contributed by atoms with Crippen molar-refractivity contribution in [3.8, 4) is 16.9 Å². The summed E-state index contributed by atoms with van der Waals surface area (Å²) in [6, 6.07) is 24.4. The van der Waals surface area contributed by atoms with Crippen LogP contribution >= 0.6 is 0 Å². The molecule has 0 atom stereocenters. The van der Waals surface area contributed by atoms with Crippen LogP contribution in [0, 0.1) is 6.92 Å². The highest BCUT2D eigenvalue weighted by atomic mass is 16.2. The van der Waals surface area contributed by atoms with E-state index in [1.165, 1.54) is 0 Å². The second-order valence-electron chi connectivity index (χ2n) is 7.38. The third kappa shape index (κ3) is 4.44. The summed E-state index contributed by atoms with van der Waals surface area (Å²) in [5.41, 5.74) is 4.86. The largest absolute Gasteiger partial charge is 0.352 e. The Bertz CT molecular complexity index is 1260. The van der Waals surface area contributed by atoms with Crippen molar-refractivity contribution in [2.45, 2.75) is 13.8 Å². The third-order valence-corrected chi connectivity index (χ3v) is 5.10. The summed E-state index contributed by atoms with van der Waals surface area (Å²) in [7, 11) is 0. The number of hydrogen-bond acceptors (Lipinski definition) is 3. The van der Waals surface area contributed by atoms with Crippen molar-refractivity contribution in [1.29, 1.82) is 0 Å². The van der Waals surface area contributed by atoms with Gasteiger partial charge in [-0.05, 0) is 49.7 Å². The van der Waals surface area contributed by atoms with Crippen molar-refractivity contribution in [1.82, 2.24) is 15.1 Å². The van der Waals surface area contributed by atoms with Gasteiger partial charge in [0.05, 0.1) is 11.3 Å². The maximum atomic E-state index is 13.3. The molecule has 0 aliphatic carbocycles. The van der Waals surface area contributed by atoms with Gasteiger partial charge in [0, 0.05) is 29.6 Å². The smallest absolute Gasteiger partial charge is 0.259 e. The topological polar surface area (TPSA) is 76.0 Å². The zero-order valence-electron chi connectivity index (χ0n) is 18.0. The standard InChI is InChI=1S/C26H24N4O2/c1-3-27-25(31)19-11-9-12-20(16-19)28-26(32)23-17-30(21-13-5-4-6-14-21)29-24(23)22-15-8-7-10-18(22)2/h4-17H,3H2,1-2H3,(H,27,31)(H,28,32). The molecule has 0 unspecified atom stereocenters. The first kappa shape index (κ1) is 21.1. The molecule has 4 aromatic rings. The molecule has 6 nitrogen and oxygen atoms in total. The molecule has 2 N–H and O–H groups in total. The number of carbonyl (C=O) groups is 2. The van der Waals surface area contributed by atoms with E-state index in [1.54, 1.807) is 35.1 Å². The molecular formula is C26H24N4O2. The number of para-hydroxylation sites is 1. The molecule has 0 aliphatic rings. The summed E-state index contributed by atoms with van der Waals surface area (Å²) in [5, 5.41) is 10.4. The van der Waals surface area contributed by atoms with E-state index >= 15 is 0 Å². The minimum absolute atomic E-state index is 0.180. The van der Waals surface area contributed by atoms with E-state index in [0.29, 0.717) is 29.1 Å². The number of hydrogen-bond donors (Lipinski definition) is 2. The molecule has 2 amide bonds. The SMILES string of the molecule is CCNC(=O)c1cccc(NC(=O)c2cn(-c3ccccc3)nc2-c2ccccc2C)c1. The highest BCUT2D eigenvalue weighted by Gasteiger charge is 2.20. The number of amides is 2. The predicted molar refractivity (Wildman–Crippen MR) is 126 cm³/mol. The lowest BCUT2D eigenvalue weighted by Crippen LogP contribution is -2.22. The molecule has 0 saturated heterocycles. The lowest BCUT2D eigenvalue weighted by atomic mass is 10.0. The first-order chi connectivity index (χ1) is 15.6. The third-order valence-electron chi connectivity index (χ3n) is 5.10. The molecule has 0 saturated carbocycles. The fraction of sp³-hybridized carbons (Fsp3) is 0.115. The quantitative estimate of drug-likeness (QED) is 0.465. The van der Waals surface area contributed by atoms with E-state index < -0.39 is 0 Å².